The van der Waals surface area contributed by atoms with Crippen molar-refractivity contribution in [3.63, 3.8) is 0 Å². The highest BCUT2D eigenvalue weighted by Crippen LogP contribution is 2.33. The van der Waals surface area contributed by atoms with Crippen LogP contribution in [0, 0.1) is 6.92 Å². The maximum Gasteiger partial charge on any atom is 0.296 e. The van der Waals surface area contributed by atoms with Gasteiger partial charge in [0.25, 0.3) is 10.1 Å². The van der Waals surface area contributed by atoms with Crippen molar-refractivity contribution >= 4 is 27.2 Å². The molecule has 8 nitrogen and oxygen atoms in total. The largest absolute Gasteiger partial charge is 0.508 e. The summed E-state index contributed by atoms with van der Waals surface area (Å²) in [5.41, 5.74) is 6.22. The maximum absolute atomic E-state index is 11.2. The van der Waals surface area contributed by atoms with Gasteiger partial charge in [0, 0.05) is 6.07 Å². The van der Waals surface area contributed by atoms with Crippen molar-refractivity contribution in [3.05, 3.63) is 35.9 Å². The SMILES string of the molecule is Cc1cc(N)c(S(=O)(=O)O)cc1N=Nc1ccc(O)cc1O. The first-order valence-corrected chi connectivity index (χ1v) is 7.44. The summed E-state index contributed by atoms with van der Waals surface area (Å²) in [5.74, 6) is -0.416. The van der Waals surface area contributed by atoms with Crippen LogP contribution in [0.4, 0.5) is 17.1 Å². The molecule has 2 rings (SSSR count). The monoisotopic (exact) mass is 323 g/mol. The van der Waals surface area contributed by atoms with Crippen LogP contribution in [-0.4, -0.2) is 23.2 Å². The fourth-order valence-corrected chi connectivity index (χ4v) is 2.35. The molecule has 0 aliphatic heterocycles. The number of phenols is 2. The van der Waals surface area contributed by atoms with Crippen molar-refractivity contribution in [1.29, 1.82) is 0 Å². The molecule has 0 saturated heterocycles. The number of aromatic hydroxyl groups is 2. The molecular formula is C13H13N3O5S. The minimum Gasteiger partial charge on any atom is -0.508 e. The number of phenolic OH excluding ortho intramolecular Hbond substituents is 2. The molecule has 116 valence electrons. The van der Waals surface area contributed by atoms with Crippen LogP contribution in [-0.2, 0) is 10.1 Å². The van der Waals surface area contributed by atoms with E-state index >= 15 is 0 Å². The lowest BCUT2D eigenvalue weighted by atomic mass is 10.2. The summed E-state index contributed by atoms with van der Waals surface area (Å²) in [4.78, 5) is -0.470. The van der Waals surface area contributed by atoms with E-state index in [2.05, 4.69) is 10.2 Å². The number of azo groups is 1. The number of aryl methyl sites for hydroxylation is 1. The molecular weight excluding hydrogens is 310 g/mol. The molecule has 0 aromatic heterocycles. The van der Waals surface area contributed by atoms with Gasteiger partial charge in [-0.2, -0.15) is 13.5 Å². The fraction of sp³-hybridized carbons (Fsp3) is 0.0769. The third kappa shape index (κ3) is 3.32. The Morgan fingerprint density at radius 1 is 1.05 bits per heavy atom. The Kier molecular flexibility index (Phi) is 4.02. The topological polar surface area (TPSA) is 146 Å². The third-order valence-corrected chi connectivity index (χ3v) is 3.74. The minimum atomic E-state index is -4.48. The molecule has 2 aromatic carbocycles. The molecule has 0 saturated carbocycles. The predicted octanol–water partition coefficient (Wildman–Crippen LogP) is 2.65. The number of hydrogen-bond acceptors (Lipinski definition) is 7. The van der Waals surface area contributed by atoms with Crippen LogP contribution in [0.1, 0.15) is 5.56 Å². The highest BCUT2D eigenvalue weighted by atomic mass is 32.2. The first-order chi connectivity index (χ1) is 10.2. The summed E-state index contributed by atoms with van der Waals surface area (Å²) in [7, 11) is -4.48. The number of nitrogens with two attached hydrogens (primary N) is 1. The lowest BCUT2D eigenvalue weighted by Crippen LogP contribution is -2.03. The molecule has 0 spiro atoms. The van der Waals surface area contributed by atoms with E-state index in [1.54, 1.807) is 6.92 Å². The Balaban J connectivity index is 2.47. The van der Waals surface area contributed by atoms with Crippen molar-refractivity contribution < 1.29 is 23.2 Å². The summed E-state index contributed by atoms with van der Waals surface area (Å²) >= 11 is 0. The zero-order valence-electron chi connectivity index (χ0n) is 11.4. The van der Waals surface area contributed by atoms with E-state index in [-0.39, 0.29) is 28.6 Å². The summed E-state index contributed by atoms with van der Waals surface area (Å²) < 4.78 is 31.5. The highest BCUT2D eigenvalue weighted by Gasteiger charge is 2.16. The van der Waals surface area contributed by atoms with E-state index in [9.17, 15) is 18.6 Å². The second-order valence-electron chi connectivity index (χ2n) is 4.52. The van der Waals surface area contributed by atoms with E-state index in [0.29, 0.717) is 5.56 Å². The van der Waals surface area contributed by atoms with E-state index < -0.39 is 15.0 Å². The minimum absolute atomic E-state index is 0.0856. The van der Waals surface area contributed by atoms with Gasteiger partial charge in [0.2, 0.25) is 0 Å². The molecule has 9 heteroatoms. The van der Waals surface area contributed by atoms with Crippen LogP contribution in [0.15, 0.2) is 45.5 Å². The number of hydrogen-bond donors (Lipinski definition) is 4. The number of nitrogens with zero attached hydrogens (tertiary/aromatic N) is 2. The van der Waals surface area contributed by atoms with Gasteiger partial charge < -0.3 is 15.9 Å². The number of nitrogen functional groups attached to an aromatic ring is 1. The smallest absolute Gasteiger partial charge is 0.296 e. The normalized spacial score (nSPS) is 11.9. The van der Waals surface area contributed by atoms with Crippen LogP contribution < -0.4 is 5.73 Å². The van der Waals surface area contributed by atoms with Crippen LogP contribution in [0.2, 0.25) is 0 Å². The molecule has 0 atom stereocenters. The second-order valence-corrected chi connectivity index (χ2v) is 5.91. The summed E-state index contributed by atoms with van der Waals surface area (Å²) in [5, 5.41) is 26.4. The number of anilines is 1. The standard InChI is InChI=1S/C13H13N3O5S/c1-7-4-9(14)13(22(19,20)21)6-11(7)16-15-10-3-2-8(17)5-12(10)18/h2-6,17-18H,14H2,1H3,(H,19,20,21). The van der Waals surface area contributed by atoms with Gasteiger partial charge in [0.05, 0.1) is 11.4 Å². The van der Waals surface area contributed by atoms with Gasteiger partial charge in [-0.1, -0.05) is 0 Å². The Bertz CT molecular complexity index is 862. The van der Waals surface area contributed by atoms with Crippen molar-refractivity contribution in [2.45, 2.75) is 11.8 Å². The van der Waals surface area contributed by atoms with Crippen molar-refractivity contribution in [2.24, 2.45) is 10.2 Å². The van der Waals surface area contributed by atoms with Gasteiger partial charge in [0.15, 0.2) is 0 Å². The molecule has 0 bridgehead atoms. The molecule has 0 aliphatic rings. The van der Waals surface area contributed by atoms with Crippen molar-refractivity contribution in [2.75, 3.05) is 5.73 Å². The number of benzene rings is 2. The predicted molar refractivity (Wildman–Crippen MR) is 79.4 cm³/mol. The molecule has 0 radical (unpaired) electrons. The maximum atomic E-state index is 11.2. The molecule has 2 aromatic rings. The zero-order valence-corrected chi connectivity index (χ0v) is 12.2. The summed E-state index contributed by atoms with van der Waals surface area (Å²) in [6.45, 7) is 1.63. The zero-order chi connectivity index (χ0) is 16.5. The molecule has 22 heavy (non-hydrogen) atoms. The average Bonchev–Trinajstić information content (AvgIpc) is 2.38. The van der Waals surface area contributed by atoms with Crippen LogP contribution in [0.25, 0.3) is 0 Å². The van der Waals surface area contributed by atoms with Crippen molar-refractivity contribution in [1.82, 2.24) is 0 Å². The molecule has 0 unspecified atom stereocenters. The lowest BCUT2D eigenvalue weighted by Gasteiger charge is -2.06. The number of rotatable bonds is 3. The van der Waals surface area contributed by atoms with Gasteiger partial charge in [-0.3, -0.25) is 4.55 Å². The molecule has 0 heterocycles. The Hall–Kier alpha value is -2.65. The van der Waals surface area contributed by atoms with Crippen LogP contribution in [0.3, 0.4) is 0 Å². The van der Waals surface area contributed by atoms with E-state index in [0.717, 1.165) is 12.1 Å². The van der Waals surface area contributed by atoms with E-state index in [1.807, 2.05) is 0 Å². The molecule has 0 aliphatic carbocycles. The van der Waals surface area contributed by atoms with Gasteiger partial charge in [-0.25, -0.2) is 0 Å². The molecule has 0 fully saturated rings. The Labute approximate surface area is 126 Å². The van der Waals surface area contributed by atoms with Gasteiger partial charge in [0.1, 0.15) is 22.1 Å². The third-order valence-electron chi connectivity index (χ3n) is 2.83. The van der Waals surface area contributed by atoms with Gasteiger partial charge in [-0.05, 0) is 36.8 Å². The van der Waals surface area contributed by atoms with E-state index in [4.69, 9.17) is 10.3 Å². The van der Waals surface area contributed by atoms with Gasteiger partial charge >= 0.3 is 0 Å². The Morgan fingerprint density at radius 2 is 1.68 bits per heavy atom. The quantitative estimate of drug-likeness (QED) is 0.388. The first-order valence-electron chi connectivity index (χ1n) is 6.00. The highest BCUT2D eigenvalue weighted by molar-refractivity contribution is 7.86. The lowest BCUT2D eigenvalue weighted by molar-refractivity contribution is 0.451. The van der Waals surface area contributed by atoms with E-state index in [1.165, 1.54) is 18.2 Å². The second kappa shape index (κ2) is 5.62. The molecule has 5 N–H and O–H groups in total. The van der Waals surface area contributed by atoms with Gasteiger partial charge in [-0.15, -0.1) is 5.11 Å². The first kappa shape index (κ1) is 15.7. The van der Waals surface area contributed by atoms with Crippen LogP contribution in [0.5, 0.6) is 11.5 Å². The fourth-order valence-electron chi connectivity index (χ4n) is 1.73. The average molecular weight is 323 g/mol. The van der Waals surface area contributed by atoms with Crippen molar-refractivity contribution in [3.8, 4) is 11.5 Å². The summed E-state index contributed by atoms with van der Waals surface area (Å²) in [6.07, 6.45) is 0. The Morgan fingerprint density at radius 3 is 2.27 bits per heavy atom. The summed E-state index contributed by atoms with van der Waals surface area (Å²) in [6, 6.07) is 6.17. The van der Waals surface area contributed by atoms with Crippen LogP contribution >= 0.6 is 0 Å². The molecule has 0 amide bonds.